The summed E-state index contributed by atoms with van der Waals surface area (Å²) in [6.07, 6.45) is 1.04. The summed E-state index contributed by atoms with van der Waals surface area (Å²) in [7, 11) is 0. The Bertz CT molecular complexity index is 544. The Morgan fingerprint density at radius 3 is 2.94 bits per heavy atom. The summed E-state index contributed by atoms with van der Waals surface area (Å²) in [4.78, 5) is 17.3. The minimum atomic E-state index is -0.257. The maximum Gasteiger partial charge on any atom is 0.270 e. The Morgan fingerprint density at radius 1 is 1.44 bits per heavy atom. The molecule has 0 saturated heterocycles. The molecule has 2 N–H and O–H groups in total. The van der Waals surface area contributed by atoms with Crippen molar-refractivity contribution >= 4 is 28.6 Å². The Kier molecular flexibility index (Phi) is 3.15. The van der Waals surface area contributed by atoms with Crippen LogP contribution in [0.5, 0.6) is 0 Å². The van der Waals surface area contributed by atoms with Gasteiger partial charge in [-0.1, -0.05) is 6.07 Å². The van der Waals surface area contributed by atoms with Crippen LogP contribution in [0, 0.1) is 0 Å². The van der Waals surface area contributed by atoms with Gasteiger partial charge in [-0.25, -0.2) is 4.98 Å². The van der Waals surface area contributed by atoms with Gasteiger partial charge in [0.15, 0.2) is 0 Å². The Morgan fingerprint density at radius 2 is 2.28 bits per heavy atom. The van der Waals surface area contributed by atoms with E-state index in [1.165, 1.54) is 11.3 Å². The van der Waals surface area contributed by atoms with Crippen LogP contribution in [-0.2, 0) is 0 Å². The van der Waals surface area contributed by atoms with E-state index in [0.29, 0.717) is 18.5 Å². The van der Waals surface area contributed by atoms with Crippen LogP contribution in [0.4, 0.5) is 0 Å². The van der Waals surface area contributed by atoms with Crippen LogP contribution < -0.4 is 5.32 Å². The molecule has 1 aliphatic rings. The van der Waals surface area contributed by atoms with E-state index < -0.39 is 0 Å². The van der Waals surface area contributed by atoms with Gasteiger partial charge in [-0.3, -0.25) is 4.79 Å². The highest BCUT2D eigenvalue weighted by atomic mass is 32.1. The molecule has 0 aromatic carbocycles. The van der Waals surface area contributed by atoms with Crippen LogP contribution in [0.1, 0.15) is 23.3 Å². The number of nitrogens with zero attached hydrogens (tertiary/aromatic N) is 1. The second kappa shape index (κ2) is 4.79. The lowest BCUT2D eigenvalue weighted by Crippen LogP contribution is -2.46. The molecule has 2 heterocycles. The van der Waals surface area contributed by atoms with Crippen molar-refractivity contribution in [1.29, 1.82) is 0 Å². The molecule has 1 saturated carbocycles. The van der Waals surface area contributed by atoms with E-state index in [0.717, 1.165) is 9.88 Å². The summed E-state index contributed by atoms with van der Waals surface area (Å²) >= 11 is 3.09. The van der Waals surface area contributed by atoms with E-state index in [2.05, 4.69) is 10.3 Å². The lowest BCUT2D eigenvalue weighted by molar-refractivity contribution is 0.0561. The van der Waals surface area contributed by atoms with E-state index in [-0.39, 0.29) is 18.1 Å². The van der Waals surface area contributed by atoms with E-state index in [9.17, 15) is 4.79 Å². The predicted octanol–water partition coefficient (Wildman–Crippen LogP) is 2.12. The van der Waals surface area contributed by atoms with Gasteiger partial charge in [0.05, 0.1) is 11.0 Å². The predicted molar refractivity (Wildman–Crippen MR) is 71.9 cm³/mol. The van der Waals surface area contributed by atoms with Gasteiger partial charge in [0.1, 0.15) is 10.7 Å². The second-order valence-electron chi connectivity index (χ2n) is 4.31. The summed E-state index contributed by atoms with van der Waals surface area (Å²) in [6.45, 7) is 0. The monoisotopic (exact) mass is 280 g/mol. The average molecular weight is 280 g/mol. The van der Waals surface area contributed by atoms with Crippen molar-refractivity contribution < 1.29 is 9.90 Å². The van der Waals surface area contributed by atoms with Crippen LogP contribution in [-0.4, -0.2) is 28.1 Å². The Labute approximate surface area is 112 Å². The highest BCUT2D eigenvalue weighted by molar-refractivity contribution is 7.20. The molecular weight excluding hydrogens is 268 g/mol. The SMILES string of the molecule is O=C(NC1CC(O)C1)c1csc(-c2cccs2)n1. The van der Waals surface area contributed by atoms with Gasteiger partial charge in [-0.05, 0) is 24.3 Å². The standard InChI is InChI=1S/C12H12N2O2S2/c15-8-4-7(5-8)13-11(16)9-6-18-12(14-9)10-2-1-3-17-10/h1-3,6-8,15H,4-5H2,(H,13,16). The van der Waals surface area contributed by atoms with Gasteiger partial charge in [-0.15, -0.1) is 22.7 Å². The van der Waals surface area contributed by atoms with Crippen molar-refractivity contribution in [3.05, 3.63) is 28.6 Å². The molecule has 4 nitrogen and oxygen atoms in total. The quantitative estimate of drug-likeness (QED) is 0.905. The van der Waals surface area contributed by atoms with Crippen molar-refractivity contribution in [3.63, 3.8) is 0 Å². The van der Waals surface area contributed by atoms with Crippen molar-refractivity contribution in [2.75, 3.05) is 0 Å². The number of nitrogens with one attached hydrogen (secondary N) is 1. The first-order valence-corrected chi connectivity index (χ1v) is 7.46. The van der Waals surface area contributed by atoms with E-state index >= 15 is 0 Å². The zero-order valence-electron chi connectivity index (χ0n) is 9.50. The summed E-state index contributed by atoms with van der Waals surface area (Å²) < 4.78 is 0. The second-order valence-corrected chi connectivity index (χ2v) is 6.12. The molecule has 1 aliphatic carbocycles. The molecule has 18 heavy (non-hydrogen) atoms. The smallest absolute Gasteiger partial charge is 0.270 e. The molecule has 0 aliphatic heterocycles. The topological polar surface area (TPSA) is 62.2 Å². The van der Waals surface area contributed by atoms with Crippen molar-refractivity contribution in [2.24, 2.45) is 0 Å². The number of amides is 1. The number of hydrogen-bond acceptors (Lipinski definition) is 5. The zero-order chi connectivity index (χ0) is 12.5. The third kappa shape index (κ3) is 2.31. The molecule has 2 aromatic rings. The molecular formula is C12H12N2O2S2. The molecule has 3 rings (SSSR count). The summed E-state index contributed by atoms with van der Waals surface area (Å²) in [5.41, 5.74) is 0.463. The van der Waals surface area contributed by atoms with Crippen LogP contribution in [0.3, 0.4) is 0 Å². The number of carbonyl (C=O) groups excluding carboxylic acids is 1. The van der Waals surface area contributed by atoms with Crippen LogP contribution in [0.15, 0.2) is 22.9 Å². The van der Waals surface area contributed by atoms with E-state index in [1.807, 2.05) is 17.5 Å². The zero-order valence-corrected chi connectivity index (χ0v) is 11.1. The van der Waals surface area contributed by atoms with Crippen LogP contribution >= 0.6 is 22.7 Å². The third-order valence-electron chi connectivity index (χ3n) is 2.92. The minimum Gasteiger partial charge on any atom is -0.393 e. The first-order valence-electron chi connectivity index (χ1n) is 5.70. The molecule has 94 valence electrons. The number of thiazole rings is 1. The van der Waals surface area contributed by atoms with E-state index in [4.69, 9.17) is 5.11 Å². The number of carbonyl (C=O) groups is 1. The molecule has 0 unspecified atom stereocenters. The normalized spacial score (nSPS) is 22.5. The fourth-order valence-electron chi connectivity index (χ4n) is 1.86. The van der Waals surface area contributed by atoms with Crippen LogP contribution in [0.2, 0.25) is 0 Å². The summed E-state index contributed by atoms with van der Waals surface area (Å²) in [5.74, 6) is -0.147. The molecule has 6 heteroatoms. The number of thiophene rings is 1. The summed E-state index contributed by atoms with van der Waals surface area (Å²) in [6, 6.07) is 4.06. The van der Waals surface area contributed by atoms with Gasteiger partial charge in [-0.2, -0.15) is 0 Å². The highest BCUT2D eigenvalue weighted by Gasteiger charge is 2.29. The maximum atomic E-state index is 11.9. The van der Waals surface area contributed by atoms with Crippen molar-refractivity contribution in [2.45, 2.75) is 25.0 Å². The lowest BCUT2D eigenvalue weighted by Gasteiger charge is -2.31. The molecule has 1 fully saturated rings. The lowest BCUT2D eigenvalue weighted by atomic mass is 9.89. The molecule has 0 bridgehead atoms. The number of aliphatic hydroxyl groups excluding tert-OH is 1. The first-order chi connectivity index (χ1) is 8.72. The van der Waals surface area contributed by atoms with Gasteiger partial charge >= 0.3 is 0 Å². The molecule has 0 atom stereocenters. The maximum absolute atomic E-state index is 11.9. The van der Waals surface area contributed by atoms with Gasteiger partial charge in [0.2, 0.25) is 0 Å². The average Bonchev–Trinajstić information content (AvgIpc) is 2.97. The fourth-order valence-corrected chi connectivity index (χ4v) is 3.47. The number of hydrogen-bond donors (Lipinski definition) is 2. The number of aromatic nitrogens is 1. The molecule has 2 aromatic heterocycles. The fraction of sp³-hybridized carbons (Fsp3) is 0.333. The molecule has 0 spiro atoms. The minimum absolute atomic E-state index is 0.0967. The highest BCUT2D eigenvalue weighted by Crippen LogP contribution is 2.28. The first kappa shape index (κ1) is 11.8. The van der Waals surface area contributed by atoms with Gasteiger partial charge in [0, 0.05) is 11.4 Å². The number of rotatable bonds is 3. The molecule has 0 radical (unpaired) electrons. The Balaban J connectivity index is 1.67. The third-order valence-corrected chi connectivity index (χ3v) is 4.80. The van der Waals surface area contributed by atoms with E-state index in [1.54, 1.807) is 16.7 Å². The Hall–Kier alpha value is -1.24. The van der Waals surface area contributed by atoms with Gasteiger partial charge < -0.3 is 10.4 Å². The van der Waals surface area contributed by atoms with Crippen molar-refractivity contribution in [1.82, 2.24) is 10.3 Å². The van der Waals surface area contributed by atoms with Crippen LogP contribution in [0.25, 0.3) is 9.88 Å². The number of aliphatic hydroxyl groups is 1. The largest absolute Gasteiger partial charge is 0.393 e. The molecule has 1 amide bonds. The van der Waals surface area contributed by atoms with Gasteiger partial charge in [0.25, 0.3) is 5.91 Å². The summed E-state index contributed by atoms with van der Waals surface area (Å²) in [5, 5.41) is 16.7. The van der Waals surface area contributed by atoms with Crippen molar-refractivity contribution in [3.8, 4) is 9.88 Å².